The van der Waals surface area contributed by atoms with Crippen molar-refractivity contribution in [3.05, 3.63) is 33.9 Å². The van der Waals surface area contributed by atoms with Gasteiger partial charge in [-0.15, -0.1) is 0 Å². The van der Waals surface area contributed by atoms with Gasteiger partial charge in [-0.1, -0.05) is 6.92 Å². The van der Waals surface area contributed by atoms with E-state index in [1.165, 1.54) is 10.7 Å². The summed E-state index contributed by atoms with van der Waals surface area (Å²) in [6.07, 6.45) is 3.72. The van der Waals surface area contributed by atoms with Crippen molar-refractivity contribution in [2.45, 2.75) is 33.1 Å². The Morgan fingerprint density at radius 1 is 1.31 bits per heavy atom. The third-order valence-corrected chi connectivity index (χ3v) is 5.59. The minimum atomic E-state index is -0.471. The summed E-state index contributed by atoms with van der Waals surface area (Å²) in [6.45, 7) is 6.29. The van der Waals surface area contributed by atoms with Crippen molar-refractivity contribution in [1.82, 2.24) is 24.4 Å². The maximum atomic E-state index is 12.9. The number of carbonyl (C=O) groups is 2. The molecule has 1 N–H and O–H groups in total. The second-order valence-corrected chi connectivity index (χ2v) is 7.41. The highest BCUT2D eigenvalue weighted by molar-refractivity contribution is 5.95. The van der Waals surface area contributed by atoms with E-state index in [2.05, 4.69) is 17.0 Å². The van der Waals surface area contributed by atoms with Crippen LogP contribution in [-0.2, 0) is 4.79 Å². The van der Waals surface area contributed by atoms with Crippen LogP contribution in [0.3, 0.4) is 0 Å². The number of hydrogen-bond acceptors (Lipinski definition) is 4. The Morgan fingerprint density at radius 3 is 2.85 bits per heavy atom. The number of aromatic nitrogens is 3. The molecule has 26 heavy (non-hydrogen) atoms. The molecule has 0 bridgehead atoms. The lowest BCUT2D eigenvalue weighted by Gasteiger charge is -2.23. The summed E-state index contributed by atoms with van der Waals surface area (Å²) >= 11 is 0. The van der Waals surface area contributed by atoms with Gasteiger partial charge in [-0.3, -0.25) is 19.5 Å². The monoisotopic (exact) mass is 357 g/mol. The first-order valence-corrected chi connectivity index (χ1v) is 9.11. The first-order valence-electron chi connectivity index (χ1n) is 9.11. The summed E-state index contributed by atoms with van der Waals surface area (Å²) in [4.78, 5) is 46.0. The van der Waals surface area contributed by atoms with E-state index in [0.717, 1.165) is 31.6 Å². The third-order valence-electron chi connectivity index (χ3n) is 5.59. The zero-order chi connectivity index (χ0) is 18.5. The molecule has 0 aliphatic carbocycles. The summed E-state index contributed by atoms with van der Waals surface area (Å²) in [5.74, 6) is -0.192. The second-order valence-electron chi connectivity index (χ2n) is 7.41. The van der Waals surface area contributed by atoms with Crippen LogP contribution < -0.4 is 5.56 Å². The largest absolute Gasteiger partial charge is 0.342 e. The Kier molecular flexibility index (Phi) is 3.86. The van der Waals surface area contributed by atoms with Crippen LogP contribution in [0.2, 0.25) is 0 Å². The van der Waals surface area contributed by atoms with Crippen LogP contribution in [0.4, 0.5) is 0 Å². The molecule has 1 unspecified atom stereocenters. The smallest absolute Gasteiger partial charge is 0.285 e. The molecule has 138 valence electrons. The van der Waals surface area contributed by atoms with E-state index in [0.29, 0.717) is 25.2 Å². The van der Waals surface area contributed by atoms with Crippen molar-refractivity contribution >= 4 is 17.5 Å². The summed E-state index contributed by atoms with van der Waals surface area (Å²) in [5.41, 5.74) is 0.452. The highest BCUT2D eigenvalue weighted by Gasteiger charge is 2.51. The molecular weight excluding hydrogens is 334 g/mol. The summed E-state index contributed by atoms with van der Waals surface area (Å²) in [6, 6.07) is 1.75. The number of hydrogen-bond donors (Lipinski definition) is 1. The van der Waals surface area contributed by atoms with Crippen LogP contribution >= 0.6 is 0 Å². The molecule has 2 amide bonds. The molecule has 0 radical (unpaired) electrons. The van der Waals surface area contributed by atoms with Gasteiger partial charge in [0.2, 0.25) is 5.91 Å². The third kappa shape index (κ3) is 2.43. The molecule has 2 aliphatic rings. The first kappa shape index (κ1) is 16.8. The molecule has 2 aromatic rings. The van der Waals surface area contributed by atoms with Gasteiger partial charge in [0.15, 0.2) is 5.65 Å². The van der Waals surface area contributed by atoms with Crippen molar-refractivity contribution < 1.29 is 9.59 Å². The molecule has 1 spiro atoms. The highest BCUT2D eigenvalue weighted by Crippen LogP contribution is 2.40. The van der Waals surface area contributed by atoms with Crippen molar-refractivity contribution in [3.63, 3.8) is 0 Å². The fourth-order valence-corrected chi connectivity index (χ4v) is 4.20. The quantitative estimate of drug-likeness (QED) is 0.880. The molecule has 2 aliphatic heterocycles. The van der Waals surface area contributed by atoms with Crippen molar-refractivity contribution in [2.24, 2.45) is 5.41 Å². The molecule has 2 fully saturated rings. The molecule has 4 heterocycles. The zero-order valence-electron chi connectivity index (χ0n) is 15.1. The first-order chi connectivity index (χ1) is 12.4. The van der Waals surface area contributed by atoms with Gasteiger partial charge in [0.1, 0.15) is 5.56 Å². The lowest BCUT2D eigenvalue weighted by atomic mass is 9.85. The number of rotatable bonds is 3. The molecule has 8 heteroatoms. The number of H-pyrrole nitrogens is 1. The van der Waals surface area contributed by atoms with Crippen molar-refractivity contribution in [1.29, 1.82) is 0 Å². The predicted molar refractivity (Wildman–Crippen MR) is 95.0 cm³/mol. The Morgan fingerprint density at radius 2 is 2.08 bits per heavy atom. The van der Waals surface area contributed by atoms with Crippen molar-refractivity contribution in [3.8, 4) is 0 Å². The van der Waals surface area contributed by atoms with E-state index in [-0.39, 0.29) is 17.4 Å². The van der Waals surface area contributed by atoms with Gasteiger partial charge in [-0.2, -0.15) is 0 Å². The lowest BCUT2D eigenvalue weighted by Crippen LogP contribution is -2.40. The minimum absolute atomic E-state index is 0.0391. The van der Waals surface area contributed by atoms with E-state index in [9.17, 15) is 14.4 Å². The summed E-state index contributed by atoms with van der Waals surface area (Å²) in [5, 5.41) is 2.90. The number of aromatic amines is 1. The van der Waals surface area contributed by atoms with Gasteiger partial charge in [0, 0.05) is 44.1 Å². The molecule has 4 rings (SSSR count). The van der Waals surface area contributed by atoms with E-state index in [1.54, 1.807) is 11.0 Å². The Hall–Kier alpha value is -2.64. The van der Waals surface area contributed by atoms with E-state index < -0.39 is 11.0 Å². The highest BCUT2D eigenvalue weighted by atomic mass is 16.2. The van der Waals surface area contributed by atoms with Crippen LogP contribution in [-0.4, -0.2) is 62.4 Å². The molecule has 2 aromatic heterocycles. The maximum Gasteiger partial charge on any atom is 0.285 e. The SMILES string of the molecule is CCCN1CCC2(CCN(C(=O)c3cnc4cc(C)[nH]n4c3=O)C2)C1=O. The number of aryl methyl sites for hydroxylation is 1. The van der Waals surface area contributed by atoms with Gasteiger partial charge in [0.25, 0.3) is 11.5 Å². The number of nitrogens with zero attached hydrogens (tertiary/aromatic N) is 4. The van der Waals surface area contributed by atoms with Gasteiger partial charge < -0.3 is 9.80 Å². The van der Waals surface area contributed by atoms with Crippen molar-refractivity contribution in [2.75, 3.05) is 26.2 Å². The topological polar surface area (TPSA) is 90.8 Å². The standard InChI is InChI=1S/C18H23N5O3/c1-3-6-21-7-4-18(17(21)26)5-8-22(11-18)15(24)13-10-19-14-9-12(2)20-23(14)16(13)25/h9-10,20H,3-8,11H2,1-2H3. The van der Waals surface area contributed by atoms with Crippen LogP contribution in [0.25, 0.3) is 5.65 Å². The average molecular weight is 357 g/mol. The van der Waals surface area contributed by atoms with Crippen LogP contribution in [0, 0.1) is 12.3 Å². The number of carbonyl (C=O) groups excluding carboxylic acids is 2. The number of likely N-dealkylation sites (tertiary alicyclic amines) is 2. The predicted octanol–water partition coefficient (Wildman–Crippen LogP) is 0.806. The normalized spacial score (nSPS) is 22.9. The van der Waals surface area contributed by atoms with Crippen LogP contribution in [0.1, 0.15) is 42.2 Å². The Bertz CT molecular complexity index is 946. The van der Waals surface area contributed by atoms with Gasteiger partial charge in [-0.05, 0) is 26.2 Å². The molecule has 1 atom stereocenters. The fourth-order valence-electron chi connectivity index (χ4n) is 4.20. The fraction of sp³-hybridized carbons (Fsp3) is 0.556. The zero-order valence-corrected chi connectivity index (χ0v) is 15.1. The van der Waals surface area contributed by atoms with Gasteiger partial charge in [0.05, 0.1) is 5.41 Å². The Labute approximate surface area is 150 Å². The Balaban J connectivity index is 1.58. The van der Waals surface area contributed by atoms with E-state index in [1.807, 2.05) is 11.8 Å². The van der Waals surface area contributed by atoms with Crippen LogP contribution in [0.5, 0.6) is 0 Å². The number of nitrogens with one attached hydrogen (secondary N) is 1. The maximum absolute atomic E-state index is 12.9. The molecular formula is C18H23N5O3. The summed E-state index contributed by atoms with van der Waals surface area (Å²) in [7, 11) is 0. The van der Waals surface area contributed by atoms with Gasteiger partial charge >= 0.3 is 0 Å². The molecule has 2 saturated heterocycles. The second kappa shape index (κ2) is 5.96. The van der Waals surface area contributed by atoms with Crippen LogP contribution in [0.15, 0.2) is 17.1 Å². The number of fused-ring (bicyclic) bond motifs is 1. The molecule has 0 aromatic carbocycles. The molecule has 8 nitrogen and oxygen atoms in total. The van der Waals surface area contributed by atoms with E-state index in [4.69, 9.17) is 0 Å². The summed E-state index contributed by atoms with van der Waals surface area (Å²) < 4.78 is 1.29. The molecule has 0 saturated carbocycles. The lowest BCUT2D eigenvalue weighted by molar-refractivity contribution is -0.135. The van der Waals surface area contributed by atoms with Gasteiger partial charge in [-0.25, -0.2) is 9.50 Å². The average Bonchev–Trinajstić information content (AvgIpc) is 3.29. The van der Waals surface area contributed by atoms with E-state index >= 15 is 0 Å². The number of amides is 2. The minimum Gasteiger partial charge on any atom is -0.342 e.